The normalized spacial score (nSPS) is 17.6. The van der Waals surface area contributed by atoms with Crippen molar-refractivity contribution in [2.75, 3.05) is 19.5 Å². The van der Waals surface area contributed by atoms with E-state index >= 15 is 0 Å². The molecule has 5 heteroatoms. The van der Waals surface area contributed by atoms with Crippen molar-refractivity contribution >= 4 is 11.8 Å². The summed E-state index contributed by atoms with van der Waals surface area (Å²) >= 11 is 0. The number of hydrogen-bond acceptors (Lipinski definition) is 5. The molecule has 2 atom stereocenters. The van der Waals surface area contributed by atoms with Crippen LogP contribution in [-0.4, -0.2) is 19.9 Å². The van der Waals surface area contributed by atoms with Crippen LogP contribution < -0.4 is 15.2 Å². The number of carbonyl (C=O) groups is 1. The van der Waals surface area contributed by atoms with E-state index in [1.54, 1.807) is 12.1 Å². The summed E-state index contributed by atoms with van der Waals surface area (Å²) in [4.78, 5) is 11.5. The smallest absolute Gasteiger partial charge is 0.492 e. The maximum Gasteiger partial charge on any atom is 0.513 e. The standard InChI is InChI=1S/C25H25NO4/c1-15-4-5-18(12-16(15)2)22-14-29-23-13-20(30-25(27)28-3)10-11-21(23)24(22)17-6-8-19(26)9-7-17/h4-13,22,24H,14,26H2,1-3H3. The Morgan fingerprint density at radius 1 is 0.967 bits per heavy atom. The van der Waals surface area contributed by atoms with Crippen LogP contribution >= 0.6 is 0 Å². The molecule has 0 aromatic heterocycles. The molecule has 0 saturated heterocycles. The van der Waals surface area contributed by atoms with E-state index in [9.17, 15) is 4.79 Å². The zero-order chi connectivity index (χ0) is 21.3. The second-order valence-corrected chi connectivity index (χ2v) is 7.66. The molecule has 0 radical (unpaired) electrons. The minimum atomic E-state index is -0.756. The minimum Gasteiger partial charge on any atom is -0.492 e. The van der Waals surface area contributed by atoms with E-state index in [1.807, 2.05) is 18.2 Å². The van der Waals surface area contributed by atoms with E-state index in [0.29, 0.717) is 18.1 Å². The Morgan fingerprint density at radius 3 is 2.40 bits per heavy atom. The van der Waals surface area contributed by atoms with Gasteiger partial charge in [-0.25, -0.2) is 4.79 Å². The second kappa shape index (κ2) is 8.11. The van der Waals surface area contributed by atoms with Crippen LogP contribution in [0.25, 0.3) is 0 Å². The molecule has 0 amide bonds. The number of nitrogens with two attached hydrogens (primary N) is 1. The molecule has 2 N–H and O–H groups in total. The van der Waals surface area contributed by atoms with Gasteiger partial charge in [0, 0.05) is 29.2 Å². The van der Waals surface area contributed by atoms with Crippen molar-refractivity contribution in [3.8, 4) is 11.5 Å². The van der Waals surface area contributed by atoms with Crippen LogP contribution in [0.4, 0.5) is 10.5 Å². The first-order valence-electron chi connectivity index (χ1n) is 9.91. The molecular weight excluding hydrogens is 378 g/mol. The van der Waals surface area contributed by atoms with Gasteiger partial charge in [0.1, 0.15) is 11.5 Å². The Balaban J connectivity index is 1.78. The fraction of sp³-hybridized carbons (Fsp3) is 0.240. The molecule has 3 aromatic carbocycles. The summed E-state index contributed by atoms with van der Waals surface area (Å²) in [6, 6.07) is 20.1. The van der Waals surface area contributed by atoms with Gasteiger partial charge >= 0.3 is 6.16 Å². The van der Waals surface area contributed by atoms with Gasteiger partial charge in [-0.05, 0) is 54.3 Å². The lowest BCUT2D eigenvalue weighted by Crippen LogP contribution is -2.25. The molecule has 30 heavy (non-hydrogen) atoms. The van der Waals surface area contributed by atoms with E-state index < -0.39 is 6.16 Å². The van der Waals surface area contributed by atoms with E-state index in [4.69, 9.17) is 15.2 Å². The number of anilines is 1. The number of ether oxygens (including phenoxy) is 3. The first kappa shape index (κ1) is 19.8. The Labute approximate surface area is 176 Å². The number of nitrogen functional groups attached to an aromatic ring is 1. The highest BCUT2D eigenvalue weighted by Crippen LogP contribution is 2.47. The van der Waals surface area contributed by atoms with Gasteiger partial charge in [-0.15, -0.1) is 0 Å². The molecule has 5 nitrogen and oxygen atoms in total. The zero-order valence-electron chi connectivity index (χ0n) is 17.3. The van der Waals surface area contributed by atoms with Crippen LogP contribution in [-0.2, 0) is 4.74 Å². The Morgan fingerprint density at radius 2 is 1.70 bits per heavy atom. The van der Waals surface area contributed by atoms with Crippen molar-refractivity contribution in [1.29, 1.82) is 0 Å². The first-order chi connectivity index (χ1) is 14.5. The second-order valence-electron chi connectivity index (χ2n) is 7.66. The highest BCUT2D eigenvalue weighted by molar-refractivity contribution is 5.64. The van der Waals surface area contributed by atoms with Crippen molar-refractivity contribution in [3.05, 3.63) is 88.5 Å². The van der Waals surface area contributed by atoms with E-state index in [0.717, 1.165) is 11.3 Å². The molecule has 2 unspecified atom stereocenters. The average Bonchev–Trinajstić information content (AvgIpc) is 2.75. The van der Waals surface area contributed by atoms with Crippen molar-refractivity contribution in [2.24, 2.45) is 0 Å². The largest absolute Gasteiger partial charge is 0.513 e. The molecular formula is C25H25NO4. The number of methoxy groups -OCH3 is 1. The fourth-order valence-electron chi connectivity index (χ4n) is 3.99. The topological polar surface area (TPSA) is 70.8 Å². The maximum absolute atomic E-state index is 11.5. The molecule has 3 aromatic rings. The number of rotatable bonds is 3. The third-order valence-electron chi connectivity index (χ3n) is 5.76. The van der Waals surface area contributed by atoms with Gasteiger partial charge in [0.05, 0.1) is 13.7 Å². The lowest BCUT2D eigenvalue weighted by molar-refractivity contribution is 0.121. The third-order valence-corrected chi connectivity index (χ3v) is 5.76. The SMILES string of the molecule is COC(=O)Oc1ccc2c(c1)OCC(c1ccc(C)c(C)c1)C2c1ccc(N)cc1. The van der Waals surface area contributed by atoms with E-state index in [-0.39, 0.29) is 11.8 Å². The summed E-state index contributed by atoms with van der Waals surface area (Å²) < 4.78 is 15.9. The van der Waals surface area contributed by atoms with Crippen molar-refractivity contribution < 1.29 is 19.0 Å². The molecule has 1 heterocycles. The Bertz CT molecular complexity index is 1080. The van der Waals surface area contributed by atoms with Crippen molar-refractivity contribution in [3.63, 3.8) is 0 Å². The van der Waals surface area contributed by atoms with Crippen LogP contribution in [0.1, 0.15) is 39.7 Å². The quantitative estimate of drug-likeness (QED) is 0.363. The molecule has 4 rings (SSSR count). The molecule has 154 valence electrons. The lowest BCUT2D eigenvalue weighted by Gasteiger charge is -2.35. The Hall–Kier alpha value is -3.47. The lowest BCUT2D eigenvalue weighted by atomic mass is 9.75. The minimum absolute atomic E-state index is 0.0867. The fourth-order valence-corrected chi connectivity index (χ4v) is 3.99. The monoisotopic (exact) mass is 403 g/mol. The number of aryl methyl sites for hydroxylation is 2. The highest BCUT2D eigenvalue weighted by Gasteiger charge is 2.34. The summed E-state index contributed by atoms with van der Waals surface area (Å²) in [6.07, 6.45) is -0.756. The van der Waals surface area contributed by atoms with Gasteiger partial charge in [0.25, 0.3) is 0 Å². The van der Waals surface area contributed by atoms with Gasteiger partial charge in [-0.3, -0.25) is 0 Å². The zero-order valence-corrected chi connectivity index (χ0v) is 17.3. The van der Waals surface area contributed by atoms with E-state index in [2.05, 4.69) is 48.9 Å². The van der Waals surface area contributed by atoms with E-state index in [1.165, 1.54) is 29.4 Å². The van der Waals surface area contributed by atoms with Crippen LogP contribution in [0.2, 0.25) is 0 Å². The Kier molecular flexibility index (Phi) is 5.36. The first-order valence-corrected chi connectivity index (χ1v) is 9.91. The number of carbonyl (C=O) groups excluding carboxylic acids is 1. The maximum atomic E-state index is 11.5. The van der Waals surface area contributed by atoms with Crippen LogP contribution in [0.15, 0.2) is 60.7 Å². The van der Waals surface area contributed by atoms with Crippen molar-refractivity contribution in [1.82, 2.24) is 0 Å². The van der Waals surface area contributed by atoms with Crippen LogP contribution in [0.5, 0.6) is 11.5 Å². The number of benzene rings is 3. The van der Waals surface area contributed by atoms with Gasteiger partial charge < -0.3 is 19.9 Å². The summed E-state index contributed by atoms with van der Waals surface area (Å²) in [6.45, 7) is 4.77. The molecule has 0 saturated carbocycles. The van der Waals surface area contributed by atoms with Gasteiger partial charge in [-0.2, -0.15) is 0 Å². The molecule has 0 spiro atoms. The van der Waals surface area contributed by atoms with Crippen LogP contribution in [0, 0.1) is 13.8 Å². The summed E-state index contributed by atoms with van der Waals surface area (Å²) in [5.74, 6) is 1.33. The predicted molar refractivity (Wildman–Crippen MR) is 116 cm³/mol. The van der Waals surface area contributed by atoms with Crippen molar-refractivity contribution in [2.45, 2.75) is 25.7 Å². The van der Waals surface area contributed by atoms with Gasteiger partial charge in [0.15, 0.2) is 0 Å². The summed E-state index contributed by atoms with van der Waals surface area (Å²) in [5.41, 5.74) is 12.6. The molecule has 0 fully saturated rings. The average molecular weight is 403 g/mol. The van der Waals surface area contributed by atoms with Gasteiger partial charge in [-0.1, -0.05) is 36.4 Å². The molecule has 0 aliphatic carbocycles. The molecule has 1 aliphatic heterocycles. The number of hydrogen-bond donors (Lipinski definition) is 1. The third kappa shape index (κ3) is 3.83. The van der Waals surface area contributed by atoms with Gasteiger partial charge in [0.2, 0.25) is 0 Å². The van der Waals surface area contributed by atoms with Crippen LogP contribution in [0.3, 0.4) is 0 Å². The number of fused-ring (bicyclic) bond motifs is 1. The predicted octanol–water partition coefficient (Wildman–Crippen LogP) is 5.34. The molecule has 0 bridgehead atoms. The highest BCUT2D eigenvalue weighted by atomic mass is 16.7. The summed E-state index contributed by atoms with van der Waals surface area (Å²) in [7, 11) is 1.28. The summed E-state index contributed by atoms with van der Waals surface area (Å²) in [5, 5.41) is 0. The molecule has 1 aliphatic rings.